The third kappa shape index (κ3) is 4.04. The summed E-state index contributed by atoms with van der Waals surface area (Å²) in [6, 6.07) is 28.6. The fraction of sp³-hybridized carbons (Fsp3) is 0.179. The number of hydrogen-bond donors (Lipinski definition) is 0. The number of benzene rings is 3. The van der Waals surface area contributed by atoms with E-state index >= 15 is 0 Å². The molecule has 1 amide bonds. The predicted molar refractivity (Wildman–Crippen MR) is 128 cm³/mol. The zero-order chi connectivity index (χ0) is 21.8. The van der Waals surface area contributed by atoms with Crippen molar-refractivity contribution < 1.29 is 4.79 Å². The van der Waals surface area contributed by atoms with Crippen LogP contribution in [0.15, 0.2) is 91.1 Å². The predicted octanol–water partition coefficient (Wildman–Crippen LogP) is 6.70. The van der Waals surface area contributed by atoms with Gasteiger partial charge in [-0.15, -0.1) is 0 Å². The van der Waals surface area contributed by atoms with Crippen LogP contribution in [0.5, 0.6) is 0 Å². The van der Waals surface area contributed by atoms with Crippen LogP contribution in [0.3, 0.4) is 0 Å². The van der Waals surface area contributed by atoms with Crippen molar-refractivity contribution >= 4 is 11.6 Å². The van der Waals surface area contributed by atoms with E-state index in [-0.39, 0.29) is 5.91 Å². The Labute approximate surface area is 184 Å². The number of amides is 1. The standard InChI is InChI=1S/C26H22N2O.C2H6/c1-19-7-2-4-10-24(19)20-12-14-21(15-13-20)26(29)28-18-23-9-6-16-27(23)17-22-8-3-5-11-25(22)28;1-2/h2-16H,17-18H2,1H3;1-2H3. The molecule has 1 aliphatic heterocycles. The number of anilines is 1. The molecule has 0 bridgehead atoms. The quantitative estimate of drug-likeness (QED) is 0.362. The van der Waals surface area contributed by atoms with E-state index in [4.69, 9.17) is 0 Å². The largest absolute Gasteiger partial charge is 0.345 e. The van der Waals surface area contributed by atoms with Gasteiger partial charge in [-0.1, -0.05) is 68.4 Å². The number of hydrogen-bond acceptors (Lipinski definition) is 1. The van der Waals surface area contributed by atoms with Crippen LogP contribution >= 0.6 is 0 Å². The van der Waals surface area contributed by atoms with Gasteiger partial charge in [-0.2, -0.15) is 0 Å². The van der Waals surface area contributed by atoms with E-state index in [1.807, 2.05) is 79.4 Å². The molecule has 1 aromatic heterocycles. The highest BCUT2D eigenvalue weighted by atomic mass is 16.2. The molecule has 0 N–H and O–H groups in total. The maximum absolute atomic E-state index is 13.5. The van der Waals surface area contributed by atoms with E-state index in [0.29, 0.717) is 12.1 Å². The molecule has 3 aromatic carbocycles. The van der Waals surface area contributed by atoms with E-state index in [1.54, 1.807) is 0 Å². The summed E-state index contributed by atoms with van der Waals surface area (Å²) in [5.41, 5.74) is 7.56. The Balaban J connectivity index is 0.00000112. The number of nitrogens with zero attached hydrogens (tertiary/aromatic N) is 2. The molecule has 0 saturated carbocycles. The molecule has 3 heteroatoms. The summed E-state index contributed by atoms with van der Waals surface area (Å²) in [4.78, 5) is 15.4. The summed E-state index contributed by atoms with van der Waals surface area (Å²) < 4.78 is 2.22. The zero-order valence-electron chi connectivity index (χ0n) is 18.4. The number of aryl methyl sites for hydroxylation is 1. The monoisotopic (exact) mass is 408 g/mol. The molecular formula is C28H28N2O. The number of carbonyl (C=O) groups excluding carboxylic acids is 1. The maximum Gasteiger partial charge on any atom is 0.258 e. The van der Waals surface area contributed by atoms with Crippen LogP contribution in [-0.2, 0) is 13.1 Å². The molecule has 0 spiro atoms. The van der Waals surface area contributed by atoms with Crippen molar-refractivity contribution in [2.45, 2.75) is 33.9 Å². The lowest BCUT2D eigenvalue weighted by molar-refractivity contribution is 0.0985. The molecule has 31 heavy (non-hydrogen) atoms. The van der Waals surface area contributed by atoms with Crippen molar-refractivity contribution in [2.24, 2.45) is 0 Å². The Kier molecular flexibility index (Phi) is 6.03. The third-order valence-electron chi connectivity index (χ3n) is 5.70. The van der Waals surface area contributed by atoms with E-state index in [1.165, 1.54) is 11.1 Å². The molecule has 4 aromatic rings. The summed E-state index contributed by atoms with van der Waals surface area (Å²) in [7, 11) is 0. The SMILES string of the molecule is CC.Cc1ccccc1-c1ccc(C(=O)N2Cc3cccn3Cc3ccccc32)cc1. The van der Waals surface area contributed by atoms with Gasteiger partial charge in [0, 0.05) is 29.7 Å². The van der Waals surface area contributed by atoms with Crippen LogP contribution in [0.4, 0.5) is 5.69 Å². The Morgan fingerprint density at radius 2 is 1.48 bits per heavy atom. The highest BCUT2D eigenvalue weighted by Crippen LogP contribution is 2.30. The van der Waals surface area contributed by atoms with E-state index in [9.17, 15) is 4.79 Å². The molecule has 3 nitrogen and oxygen atoms in total. The fourth-order valence-electron chi connectivity index (χ4n) is 4.11. The van der Waals surface area contributed by atoms with Gasteiger partial charge >= 0.3 is 0 Å². The Hall–Kier alpha value is -3.59. The average Bonchev–Trinajstić information content (AvgIpc) is 3.19. The van der Waals surface area contributed by atoms with Gasteiger partial charge in [0.05, 0.1) is 6.54 Å². The first-order valence-electron chi connectivity index (χ1n) is 10.9. The number of fused-ring (bicyclic) bond motifs is 2. The molecule has 5 rings (SSSR count). The molecule has 0 unspecified atom stereocenters. The fourth-order valence-corrected chi connectivity index (χ4v) is 4.11. The van der Waals surface area contributed by atoms with Crippen molar-refractivity contribution in [1.82, 2.24) is 4.57 Å². The van der Waals surface area contributed by atoms with Crippen LogP contribution in [0.25, 0.3) is 11.1 Å². The minimum Gasteiger partial charge on any atom is -0.345 e. The second kappa shape index (κ2) is 9.05. The zero-order valence-corrected chi connectivity index (χ0v) is 18.4. The summed E-state index contributed by atoms with van der Waals surface area (Å²) in [5, 5.41) is 0. The van der Waals surface area contributed by atoms with Crippen LogP contribution in [0.2, 0.25) is 0 Å². The van der Waals surface area contributed by atoms with Gasteiger partial charge in [0.1, 0.15) is 0 Å². The van der Waals surface area contributed by atoms with Crippen LogP contribution in [0.1, 0.15) is 41.0 Å². The number of aromatic nitrogens is 1. The molecule has 0 saturated heterocycles. The van der Waals surface area contributed by atoms with E-state index in [2.05, 4.69) is 42.0 Å². The van der Waals surface area contributed by atoms with Gasteiger partial charge in [-0.05, 0) is 59.5 Å². The smallest absolute Gasteiger partial charge is 0.258 e. The van der Waals surface area contributed by atoms with Crippen molar-refractivity contribution in [1.29, 1.82) is 0 Å². The van der Waals surface area contributed by atoms with Gasteiger partial charge in [0.2, 0.25) is 0 Å². The number of para-hydroxylation sites is 1. The minimum atomic E-state index is 0.0310. The molecule has 0 aliphatic carbocycles. The number of rotatable bonds is 2. The van der Waals surface area contributed by atoms with Crippen molar-refractivity contribution in [3.05, 3.63) is 114 Å². The highest BCUT2D eigenvalue weighted by molar-refractivity contribution is 6.06. The second-order valence-corrected chi connectivity index (χ2v) is 7.54. The lowest BCUT2D eigenvalue weighted by Gasteiger charge is -2.23. The van der Waals surface area contributed by atoms with Gasteiger partial charge in [-0.25, -0.2) is 0 Å². The van der Waals surface area contributed by atoms with Crippen molar-refractivity contribution in [3.63, 3.8) is 0 Å². The molecule has 2 heterocycles. The third-order valence-corrected chi connectivity index (χ3v) is 5.70. The normalized spacial score (nSPS) is 12.2. The highest BCUT2D eigenvalue weighted by Gasteiger charge is 2.24. The van der Waals surface area contributed by atoms with Gasteiger partial charge in [0.25, 0.3) is 5.91 Å². The second-order valence-electron chi connectivity index (χ2n) is 7.54. The molecule has 0 radical (unpaired) electrons. The Morgan fingerprint density at radius 1 is 0.774 bits per heavy atom. The first-order chi connectivity index (χ1) is 15.2. The maximum atomic E-state index is 13.5. The Morgan fingerprint density at radius 3 is 2.26 bits per heavy atom. The summed E-state index contributed by atoms with van der Waals surface area (Å²) in [6.07, 6.45) is 2.08. The van der Waals surface area contributed by atoms with Crippen molar-refractivity contribution in [2.75, 3.05) is 4.90 Å². The van der Waals surface area contributed by atoms with Gasteiger partial charge in [-0.3, -0.25) is 4.79 Å². The van der Waals surface area contributed by atoms with Crippen LogP contribution in [-0.4, -0.2) is 10.5 Å². The minimum absolute atomic E-state index is 0.0310. The summed E-state index contributed by atoms with van der Waals surface area (Å²) in [5.74, 6) is 0.0310. The van der Waals surface area contributed by atoms with E-state index < -0.39 is 0 Å². The lowest BCUT2D eigenvalue weighted by atomic mass is 9.99. The number of carbonyl (C=O) groups is 1. The molecular weight excluding hydrogens is 380 g/mol. The molecule has 1 aliphatic rings. The molecule has 156 valence electrons. The summed E-state index contributed by atoms with van der Waals surface area (Å²) in [6.45, 7) is 7.47. The average molecular weight is 409 g/mol. The van der Waals surface area contributed by atoms with E-state index in [0.717, 1.165) is 29.1 Å². The van der Waals surface area contributed by atoms with Crippen LogP contribution in [0, 0.1) is 6.92 Å². The van der Waals surface area contributed by atoms with Gasteiger partial charge in [0.15, 0.2) is 0 Å². The molecule has 0 fully saturated rings. The lowest BCUT2D eigenvalue weighted by Crippen LogP contribution is -2.30. The first-order valence-corrected chi connectivity index (χ1v) is 10.9. The summed E-state index contributed by atoms with van der Waals surface area (Å²) >= 11 is 0. The molecule has 0 atom stereocenters. The van der Waals surface area contributed by atoms with Gasteiger partial charge < -0.3 is 9.47 Å². The first kappa shape index (κ1) is 20.7. The van der Waals surface area contributed by atoms with Crippen LogP contribution < -0.4 is 4.90 Å². The van der Waals surface area contributed by atoms with Crippen molar-refractivity contribution in [3.8, 4) is 11.1 Å². The Bertz CT molecular complexity index is 1190. The topological polar surface area (TPSA) is 25.2 Å².